The summed E-state index contributed by atoms with van der Waals surface area (Å²) in [4.78, 5) is 4.61. The van der Waals surface area contributed by atoms with E-state index in [0.29, 0.717) is 12.0 Å². The molecular weight excluding hydrogens is 234 g/mol. The number of benzene rings is 1. The number of rotatable bonds is 3. The molecule has 2 rings (SSSR count). The molecule has 0 aliphatic heterocycles. The van der Waals surface area contributed by atoms with Crippen molar-refractivity contribution in [3.05, 3.63) is 35.7 Å². The van der Waals surface area contributed by atoms with Crippen molar-refractivity contribution in [1.29, 1.82) is 0 Å². The predicted molar refractivity (Wildman–Crippen MR) is 81.3 cm³/mol. The number of nitrogens with zero attached hydrogens (tertiary/aromatic N) is 2. The fraction of sp³-hybridized carbons (Fsp3) is 0.438. The number of imidazole rings is 1. The van der Waals surface area contributed by atoms with Crippen LogP contribution >= 0.6 is 0 Å². The van der Waals surface area contributed by atoms with Crippen LogP contribution in [0.3, 0.4) is 0 Å². The highest BCUT2D eigenvalue weighted by Crippen LogP contribution is 2.29. The van der Waals surface area contributed by atoms with Gasteiger partial charge in [0.25, 0.3) is 0 Å². The molecule has 0 saturated heterocycles. The fourth-order valence-electron chi connectivity index (χ4n) is 2.45. The Morgan fingerprint density at radius 3 is 2.05 bits per heavy atom. The Morgan fingerprint density at radius 1 is 1.05 bits per heavy atom. The first-order valence-corrected chi connectivity index (χ1v) is 6.86. The maximum atomic E-state index is 6.24. The highest BCUT2D eigenvalue weighted by atomic mass is 15.2. The van der Waals surface area contributed by atoms with E-state index < -0.39 is 0 Å². The van der Waals surface area contributed by atoms with Gasteiger partial charge in [-0.25, -0.2) is 4.98 Å². The van der Waals surface area contributed by atoms with Crippen LogP contribution in [0, 0.1) is 6.92 Å². The van der Waals surface area contributed by atoms with Crippen LogP contribution in [0.25, 0.3) is 11.3 Å². The van der Waals surface area contributed by atoms with Crippen LogP contribution in [-0.2, 0) is 0 Å². The third-order valence-electron chi connectivity index (χ3n) is 3.49. The monoisotopic (exact) mass is 257 g/mol. The molecular formula is C16H23N3. The number of anilines is 1. The number of aromatic nitrogens is 2. The molecule has 0 atom stereocenters. The standard InChI is InChI=1S/C16H23N3/c1-10(2)13-6-8-14(9-7-13)15-16(17)19(11(3)4)12(5)18-15/h6-11H,17H2,1-5H3. The smallest absolute Gasteiger partial charge is 0.131 e. The van der Waals surface area contributed by atoms with E-state index in [1.54, 1.807) is 0 Å². The van der Waals surface area contributed by atoms with Crippen molar-refractivity contribution in [1.82, 2.24) is 9.55 Å². The molecule has 0 unspecified atom stereocenters. The second-order valence-electron chi connectivity index (χ2n) is 5.63. The van der Waals surface area contributed by atoms with Crippen molar-refractivity contribution in [2.75, 3.05) is 5.73 Å². The summed E-state index contributed by atoms with van der Waals surface area (Å²) in [5, 5.41) is 0. The summed E-state index contributed by atoms with van der Waals surface area (Å²) in [6.45, 7) is 10.6. The van der Waals surface area contributed by atoms with Crippen molar-refractivity contribution in [2.24, 2.45) is 0 Å². The second kappa shape index (κ2) is 5.08. The lowest BCUT2D eigenvalue weighted by atomic mass is 10.0. The minimum Gasteiger partial charge on any atom is -0.383 e. The number of nitrogens with two attached hydrogens (primary N) is 1. The van der Waals surface area contributed by atoms with Gasteiger partial charge >= 0.3 is 0 Å². The second-order valence-corrected chi connectivity index (χ2v) is 5.63. The average Bonchev–Trinajstić information content (AvgIpc) is 2.65. The van der Waals surface area contributed by atoms with E-state index in [1.165, 1.54) is 5.56 Å². The van der Waals surface area contributed by atoms with Gasteiger partial charge in [0.15, 0.2) is 0 Å². The van der Waals surface area contributed by atoms with E-state index in [4.69, 9.17) is 5.73 Å². The molecule has 0 radical (unpaired) electrons. The lowest BCUT2D eigenvalue weighted by Gasteiger charge is -2.11. The summed E-state index contributed by atoms with van der Waals surface area (Å²) in [5.74, 6) is 2.27. The minimum absolute atomic E-state index is 0.330. The number of hydrogen-bond donors (Lipinski definition) is 1. The Bertz CT molecular complexity index is 562. The molecule has 0 amide bonds. The van der Waals surface area contributed by atoms with E-state index in [9.17, 15) is 0 Å². The Balaban J connectivity index is 2.45. The molecule has 2 aromatic rings. The molecule has 3 heteroatoms. The van der Waals surface area contributed by atoms with Crippen LogP contribution in [0.15, 0.2) is 24.3 Å². The van der Waals surface area contributed by atoms with Crippen LogP contribution in [0.2, 0.25) is 0 Å². The maximum Gasteiger partial charge on any atom is 0.131 e. The number of nitrogen functional groups attached to an aromatic ring is 1. The maximum absolute atomic E-state index is 6.24. The average molecular weight is 257 g/mol. The molecule has 0 bridgehead atoms. The van der Waals surface area contributed by atoms with Gasteiger partial charge in [0.2, 0.25) is 0 Å². The Hall–Kier alpha value is -1.77. The van der Waals surface area contributed by atoms with Crippen molar-refractivity contribution in [3.8, 4) is 11.3 Å². The van der Waals surface area contributed by atoms with Gasteiger partial charge in [0.05, 0.1) is 0 Å². The van der Waals surface area contributed by atoms with Crippen LogP contribution < -0.4 is 5.73 Å². The zero-order valence-corrected chi connectivity index (χ0v) is 12.4. The lowest BCUT2D eigenvalue weighted by Crippen LogP contribution is -2.07. The summed E-state index contributed by atoms with van der Waals surface area (Å²) in [6.07, 6.45) is 0. The van der Waals surface area contributed by atoms with Gasteiger partial charge in [-0.3, -0.25) is 0 Å². The topological polar surface area (TPSA) is 43.8 Å². The van der Waals surface area contributed by atoms with Gasteiger partial charge in [-0.15, -0.1) is 0 Å². The molecule has 1 heterocycles. The van der Waals surface area contributed by atoms with Gasteiger partial charge in [-0.1, -0.05) is 38.1 Å². The molecule has 2 N–H and O–H groups in total. The third-order valence-corrected chi connectivity index (χ3v) is 3.49. The van der Waals surface area contributed by atoms with Crippen molar-refractivity contribution >= 4 is 5.82 Å². The number of hydrogen-bond acceptors (Lipinski definition) is 2. The number of aryl methyl sites for hydroxylation is 1. The summed E-state index contributed by atoms with van der Waals surface area (Å²) in [6, 6.07) is 8.86. The van der Waals surface area contributed by atoms with E-state index in [2.05, 4.69) is 61.5 Å². The van der Waals surface area contributed by atoms with Crippen molar-refractivity contribution < 1.29 is 0 Å². The van der Waals surface area contributed by atoms with Crippen LogP contribution in [-0.4, -0.2) is 9.55 Å². The molecule has 0 saturated carbocycles. The molecule has 1 aromatic carbocycles. The van der Waals surface area contributed by atoms with Crippen LogP contribution in [0.5, 0.6) is 0 Å². The van der Waals surface area contributed by atoms with Crippen molar-refractivity contribution in [2.45, 2.75) is 46.6 Å². The van der Waals surface area contributed by atoms with Gasteiger partial charge in [-0.2, -0.15) is 0 Å². The first-order chi connectivity index (χ1) is 8.91. The van der Waals surface area contributed by atoms with Crippen molar-refractivity contribution in [3.63, 3.8) is 0 Å². The first kappa shape index (κ1) is 13.7. The summed E-state index contributed by atoms with van der Waals surface area (Å²) < 4.78 is 2.08. The molecule has 1 aromatic heterocycles. The summed E-state index contributed by atoms with van der Waals surface area (Å²) in [7, 11) is 0. The largest absolute Gasteiger partial charge is 0.383 e. The highest BCUT2D eigenvalue weighted by molar-refractivity contribution is 5.71. The molecule has 0 fully saturated rings. The van der Waals surface area contributed by atoms with E-state index in [1.807, 2.05) is 6.92 Å². The Labute approximate surface area is 115 Å². The Morgan fingerprint density at radius 2 is 1.63 bits per heavy atom. The highest BCUT2D eigenvalue weighted by Gasteiger charge is 2.15. The van der Waals surface area contributed by atoms with Gasteiger partial charge in [0.1, 0.15) is 17.3 Å². The molecule has 0 aliphatic carbocycles. The molecule has 0 aliphatic rings. The molecule has 19 heavy (non-hydrogen) atoms. The van der Waals surface area contributed by atoms with Gasteiger partial charge in [-0.05, 0) is 32.3 Å². The van der Waals surface area contributed by atoms with Crippen LogP contribution in [0.4, 0.5) is 5.82 Å². The van der Waals surface area contributed by atoms with Gasteiger partial charge < -0.3 is 10.3 Å². The fourth-order valence-corrected chi connectivity index (χ4v) is 2.45. The zero-order valence-electron chi connectivity index (χ0n) is 12.4. The SMILES string of the molecule is Cc1nc(-c2ccc(C(C)C)cc2)c(N)n1C(C)C. The first-order valence-electron chi connectivity index (χ1n) is 6.86. The summed E-state index contributed by atoms with van der Waals surface area (Å²) in [5.41, 5.74) is 9.55. The molecule has 102 valence electrons. The van der Waals surface area contributed by atoms with Crippen LogP contribution in [0.1, 0.15) is 51.0 Å². The quantitative estimate of drug-likeness (QED) is 0.897. The normalized spacial score (nSPS) is 11.5. The van der Waals surface area contributed by atoms with E-state index in [0.717, 1.165) is 22.9 Å². The third kappa shape index (κ3) is 2.50. The molecule has 3 nitrogen and oxygen atoms in total. The molecule has 0 spiro atoms. The van der Waals surface area contributed by atoms with E-state index in [-0.39, 0.29) is 0 Å². The zero-order chi connectivity index (χ0) is 14.2. The van der Waals surface area contributed by atoms with E-state index >= 15 is 0 Å². The predicted octanol–water partition coefficient (Wildman–Crippen LogP) is 4.15. The minimum atomic E-state index is 0.330. The Kier molecular flexibility index (Phi) is 3.65. The van der Waals surface area contributed by atoms with Gasteiger partial charge in [0, 0.05) is 11.6 Å². The lowest BCUT2D eigenvalue weighted by molar-refractivity contribution is 0.590. The summed E-state index contributed by atoms with van der Waals surface area (Å²) >= 11 is 0.